The van der Waals surface area contributed by atoms with Crippen LogP contribution in [0.1, 0.15) is 35.6 Å². The van der Waals surface area contributed by atoms with Crippen molar-refractivity contribution in [2.75, 3.05) is 5.32 Å². The number of carbonyl (C=O) groups is 1. The molecule has 116 valence electrons. The molecule has 2 aromatic carbocycles. The third kappa shape index (κ3) is 4.73. The van der Waals surface area contributed by atoms with Crippen molar-refractivity contribution in [3.63, 3.8) is 0 Å². The first-order valence-electron chi connectivity index (χ1n) is 7.86. The fourth-order valence-corrected chi connectivity index (χ4v) is 2.59. The van der Waals surface area contributed by atoms with Crippen LogP contribution in [0, 0.1) is 26.7 Å². The number of hydrogen-bond acceptors (Lipinski definition) is 1. The molecule has 0 bridgehead atoms. The number of anilines is 1. The van der Waals surface area contributed by atoms with E-state index < -0.39 is 0 Å². The van der Waals surface area contributed by atoms with Crippen LogP contribution in [0.3, 0.4) is 0 Å². The smallest absolute Gasteiger partial charge is 0.224 e. The zero-order valence-electron chi connectivity index (χ0n) is 13.9. The first-order valence-corrected chi connectivity index (χ1v) is 7.86. The van der Waals surface area contributed by atoms with E-state index in [1.54, 1.807) is 0 Å². The molecule has 1 unspecified atom stereocenters. The lowest BCUT2D eigenvalue weighted by atomic mass is 9.97. The molecule has 2 heteroatoms. The van der Waals surface area contributed by atoms with Gasteiger partial charge in [0.15, 0.2) is 0 Å². The minimum atomic E-state index is 0.0910. The summed E-state index contributed by atoms with van der Waals surface area (Å²) in [7, 11) is 0. The highest BCUT2D eigenvalue weighted by atomic mass is 16.1. The summed E-state index contributed by atoms with van der Waals surface area (Å²) in [5, 5.41) is 3.04. The van der Waals surface area contributed by atoms with Crippen LogP contribution < -0.4 is 5.32 Å². The molecule has 1 amide bonds. The Kier molecular flexibility index (Phi) is 5.37. The van der Waals surface area contributed by atoms with Crippen molar-refractivity contribution in [3.05, 3.63) is 64.7 Å². The summed E-state index contributed by atoms with van der Waals surface area (Å²) in [6.07, 6.45) is 1.47. The first kappa shape index (κ1) is 16.3. The van der Waals surface area contributed by atoms with Crippen molar-refractivity contribution in [3.8, 4) is 0 Å². The van der Waals surface area contributed by atoms with Gasteiger partial charge in [-0.05, 0) is 55.9 Å². The van der Waals surface area contributed by atoms with Crippen LogP contribution in [-0.2, 0) is 11.2 Å². The second-order valence-corrected chi connectivity index (χ2v) is 6.37. The average molecular weight is 295 g/mol. The molecule has 0 heterocycles. The van der Waals surface area contributed by atoms with Gasteiger partial charge < -0.3 is 5.32 Å². The quantitative estimate of drug-likeness (QED) is 0.842. The Morgan fingerprint density at radius 2 is 1.64 bits per heavy atom. The highest BCUT2D eigenvalue weighted by molar-refractivity contribution is 5.91. The number of nitrogens with one attached hydrogen (secondary N) is 1. The maximum Gasteiger partial charge on any atom is 0.224 e. The van der Waals surface area contributed by atoms with Crippen LogP contribution in [-0.4, -0.2) is 5.91 Å². The summed E-state index contributed by atoms with van der Waals surface area (Å²) in [6, 6.07) is 14.7. The second kappa shape index (κ2) is 7.26. The maximum absolute atomic E-state index is 12.2. The fraction of sp³-hybridized carbons (Fsp3) is 0.350. The predicted octanol–water partition coefficient (Wildman–Crippen LogP) is 4.82. The van der Waals surface area contributed by atoms with E-state index in [-0.39, 0.29) is 5.91 Å². The Balaban J connectivity index is 1.91. The Morgan fingerprint density at radius 1 is 1.00 bits per heavy atom. The third-order valence-electron chi connectivity index (χ3n) is 3.91. The van der Waals surface area contributed by atoms with Gasteiger partial charge in [-0.2, -0.15) is 0 Å². The molecule has 0 saturated carbocycles. The van der Waals surface area contributed by atoms with Crippen LogP contribution in [0.2, 0.25) is 0 Å². The van der Waals surface area contributed by atoms with Gasteiger partial charge in [0.2, 0.25) is 5.91 Å². The second-order valence-electron chi connectivity index (χ2n) is 6.37. The van der Waals surface area contributed by atoms with E-state index in [1.807, 2.05) is 26.0 Å². The van der Waals surface area contributed by atoms with Gasteiger partial charge in [-0.15, -0.1) is 0 Å². The lowest BCUT2D eigenvalue weighted by Gasteiger charge is -2.13. The van der Waals surface area contributed by atoms with Gasteiger partial charge >= 0.3 is 0 Å². The van der Waals surface area contributed by atoms with E-state index in [1.165, 1.54) is 11.1 Å². The van der Waals surface area contributed by atoms with Crippen LogP contribution >= 0.6 is 0 Å². The number of hydrogen-bond donors (Lipinski definition) is 1. The Morgan fingerprint density at radius 3 is 2.32 bits per heavy atom. The van der Waals surface area contributed by atoms with Gasteiger partial charge in [0.25, 0.3) is 0 Å². The van der Waals surface area contributed by atoms with Crippen molar-refractivity contribution < 1.29 is 4.79 Å². The standard InChI is InChI=1S/C20H25NO/c1-14-6-9-18(10-7-14)11-16(3)13-20(22)21-19-12-15(2)5-8-17(19)4/h5-10,12,16H,11,13H2,1-4H3,(H,21,22). The summed E-state index contributed by atoms with van der Waals surface area (Å²) in [4.78, 5) is 12.2. The molecule has 0 saturated heterocycles. The van der Waals surface area contributed by atoms with E-state index in [4.69, 9.17) is 0 Å². The zero-order chi connectivity index (χ0) is 16.1. The molecular formula is C20H25NO. The Labute approximate surface area is 133 Å². The molecule has 0 fully saturated rings. The molecule has 22 heavy (non-hydrogen) atoms. The SMILES string of the molecule is Cc1ccc(CC(C)CC(=O)Nc2cc(C)ccc2C)cc1. The maximum atomic E-state index is 12.2. The molecule has 0 aliphatic rings. The number of aryl methyl sites for hydroxylation is 3. The molecule has 0 aliphatic carbocycles. The van der Waals surface area contributed by atoms with Gasteiger partial charge in [0.1, 0.15) is 0 Å². The first-order chi connectivity index (χ1) is 10.4. The van der Waals surface area contributed by atoms with E-state index in [0.717, 1.165) is 23.2 Å². The van der Waals surface area contributed by atoms with Crippen molar-refractivity contribution in [2.24, 2.45) is 5.92 Å². The highest BCUT2D eigenvalue weighted by Crippen LogP contribution is 2.18. The Bertz CT molecular complexity index is 643. The molecule has 0 spiro atoms. The molecule has 2 rings (SSSR count). The van der Waals surface area contributed by atoms with Crippen LogP contribution in [0.4, 0.5) is 5.69 Å². The molecule has 0 aromatic heterocycles. The van der Waals surface area contributed by atoms with Gasteiger partial charge in [0, 0.05) is 12.1 Å². The highest BCUT2D eigenvalue weighted by Gasteiger charge is 2.11. The molecule has 2 aromatic rings. The van der Waals surface area contributed by atoms with Crippen LogP contribution in [0.5, 0.6) is 0 Å². The number of amides is 1. The average Bonchev–Trinajstić information content (AvgIpc) is 2.45. The largest absolute Gasteiger partial charge is 0.326 e. The zero-order valence-corrected chi connectivity index (χ0v) is 13.9. The Hall–Kier alpha value is -2.09. The monoisotopic (exact) mass is 295 g/mol. The normalized spacial score (nSPS) is 12.0. The third-order valence-corrected chi connectivity index (χ3v) is 3.91. The molecule has 1 N–H and O–H groups in total. The molecule has 0 radical (unpaired) electrons. The van der Waals surface area contributed by atoms with Gasteiger partial charge in [0.05, 0.1) is 0 Å². The van der Waals surface area contributed by atoms with E-state index in [2.05, 4.69) is 49.5 Å². The minimum Gasteiger partial charge on any atom is -0.326 e. The predicted molar refractivity (Wildman–Crippen MR) is 93.2 cm³/mol. The molecule has 2 nitrogen and oxygen atoms in total. The lowest BCUT2D eigenvalue weighted by molar-refractivity contribution is -0.116. The van der Waals surface area contributed by atoms with Gasteiger partial charge in [-0.25, -0.2) is 0 Å². The van der Waals surface area contributed by atoms with Crippen LogP contribution in [0.15, 0.2) is 42.5 Å². The molecular weight excluding hydrogens is 270 g/mol. The number of carbonyl (C=O) groups excluding carboxylic acids is 1. The van der Waals surface area contributed by atoms with Gasteiger partial charge in [-0.3, -0.25) is 4.79 Å². The number of rotatable bonds is 5. The summed E-state index contributed by atoms with van der Waals surface area (Å²) in [6.45, 7) is 8.27. The lowest BCUT2D eigenvalue weighted by Crippen LogP contribution is -2.17. The van der Waals surface area contributed by atoms with E-state index >= 15 is 0 Å². The van der Waals surface area contributed by atoms with Gasteiger partial charge in [-0.1, -0.05) is 48.9 Å². The van der Waals surface area contributed by atoms with Crippen molar-refractivity contribution in [2.45, 2.75) is 40.5 Å². The molecule has 0 aliphatic heterocycles. The van der Waals surface area contributed by atoms with E-state index in [0.29, 0.717) is 12.3 Å². The van der Waals surface area contributed by atoms with Crippen molar-refractivity contribution in [1.82, 2.24) is 0 Å². The van der Waals surface area contributed by atoms with Crippen molar-refractivity contribution >= 4 is 11.6 Å². The van der Waals surface area contributed by atoms with Crippen molar-refractivity contribution in [1.29, 1.82) is 0 Å². The minimum absolute atomic E-state index is 0.0910. The summed E-state index contributed by atoms with van der Waals surface area (Å²) in [5.74, 6) is 0.418. The fourth-order valence-electron chi connectivity index (χ4n) is 2.59. The molecule has 1 atom stereocenters. The summed E-state index contributed by atoms with van der Waals surface area (Å²) >= 11 is 0. The topological polar surface area (TPSA) is 29.1 Å². The van der Waals surface area contributed by atoms with E-state index in [9.17, 15) is 4.79 Å². The van der Waals surface area contributed by atoms with Crippen LogP contribution in [0.25, 0.3) is 0 Å². The summed E-state index contributed by atoms with van der Waals surface area (Å²) < 4.78 is 0. The summed E-state index contributed by atoms with van der Waals surface area (Å²) in [5.41, 5.74) is 5.74. The number of benzene rings is 2.